The molecule has 0 saturated heterocycles. The summed E-state index contributed by atoms with van der Waals surface area (Å²) in [7, 11) is 0. The van der Waals surface area contributed by atoms with Crippen molar-refractivity contribution in [2.75, 3.05) is 4.90 Å². The molecule has 2 N–H and O–H groups in total. The Balaban J connectivity index is 1.76. The lowest BCUT2D eigenvalue weighted by Crippen LogP contribution is -2.40. The Kier molecular flexibility index (Phi) is 3.77. The van der Waals surface area contributed by atoms with Crippen molar-refractivity contribution in [3.8, 4) is 11.4 Å². The van der Waals surface area contributed by atoms with Crippen LogP contribution in [-0.2, 0) is 29.2 Å². The van der Waals surface area contributed by atoms with Gasteiger partial charge in [-0.05, 0) is 70.2 Å². The van der Waals surface area contributed by atoms with E-state index in [4.69, 9.17) is 0 Å². The first-order chi connectivity index (χ1) is 14.0. The molecule has 5 rings (SSSR count). The van der Waals surface area contributed by atoms with Gasteiger partial charge in [-0.15, -0.1) is 0 Å². The van der Waals surface area contributed by atoms with Gasteiger partial charge >= 0.3 is 6.18 Å². The van der Waals surface area contributed by atoms with E-state index in [1.165, 1.54) is 0 Å². The van der Waals surface area contributed by atoms with Crippen LogP contribution in [0.5, 0.6) is 0 Å². The summed E-state index contributed by atoms with van der Waals surface area (Å²) in [6.07, 6.45) is -2.88. The summed E-state index contributed by atoms with van der Waals surface area (Å²) in [5, 5.41) is 7.20. The molecule has 2 aliphatic rings. The number of H-pyrrole nitrogens is 2. The predicted octanol–water partition coefficient (Wildman–Crippen LogP) is 5.10. The second-order valence-electron chi connectivity index (χ2n) is 9.06. The second kappa shape index (κ2) is 5.89. The number of halogens is 3. The van der Waals surface area contributed by atoms with E-state index in [2.05, 4.69) is 15.2 Å². The third-order valence-electron chi connectivity index (χ3n) is 6.47. The molecule has 0 fully saturated rings. The van der Waals surface area contributed by atoms with E-state index in [1.54, 1.807) is 0 Å². The molecule has 0 atom stereocenters. The zero-order valence-electron chi connectivity index (χ0n) is 17.3. The molecular weight excluding hydrogens is 393 g/mol. The summed E-state index contributed by atoms with van der Waals surface area (Å²) in [6, 6.07) is 4.02. The van der Waals surface area contributed by atoms with Crippen molar-refractivity contribution in [1.82, 2.24) is 15.2 Å². The predicted molar refractivity (Wildman–Crippen MR) is 109 cm³/mol. The van der Waals surface area contributed by atoms with Crippen molar-refractivity contribution >= 4 is 22.5 Å². The molecule has 158 valence electrons. The van der Waals surface area contributed by atoms with Crippen LogP contribution in [0.25, 0.3) is 22.3 Å². The normalized spacial score (nSPS) is 18.0. The van der Waals surface area contributed by atoms with Gasteiger partial charge in [-0.25, -0.2) is 0 Å². The Morgan fingerprint density at radius 2 is 1.87 bits per heavy atom. The molecule has 1 aliphatic heterocycles. The number of aromatic amines is 2. The van der Waals surface area contributed by atoms with E-state index in [9.17, 15) is 18.0 Å². The van der Waals surface area contributed by atoms with Crippen LogP contribution in [0.1, 0.15) is 56.5 Å². The highest BCUT2D eigenvalue weighted by atomic mass is 19.4. The molecule has 0 radical (unpaired) electrons. The summed E-state index contributed by atoms with van der Waals surface area (Å²) in [4.78, 5) is 18.2. The standard InChI is InChI=1S/C22H23F3N4O/c1-10(2)29-16-8-13-11-6-5-7-12-18(27-28-19(12)22(23,24)25)17(11)26-15(13)9-14(16)21(3,4)20(29)30/h8-10,26H,5-7H2,1-4H3,(H,27,28). The monoisotopic (exact) mass is 416 g/mol. The van der Waals surface area contributed by atoms with Gasteiger partial charge in [0.25, 0.3) is 0 Å². The van der Waals surface area contributed by atoms with Crippen molar-refractivity contribution in [3.63, 3.8) is 0 Å². The van der Waals surface area contributed by atoms with Crippen molar-refractivity contribution in [3.05, 3.63) is 34.5 Å². The number of benzene rings is 1. The van der Waals surface area contributed by atoms with Gasteiger partial charge in [0, 0.05) is 28.2 Å². The van der Waals surface area contributed by atoms with E-state index in [0.29, 0.717) is 30.7 Å². The minimum atomic E-state index is -4.46. The van der Waals surface area contributed by atoms with Gasteiger partial charge in [-0.3, -0.25) is 9.89 Å². The SMILES string of the molecule is CC(C)N1C(=O)C(C)(C)c2cc3[nH]c4c(c3cc21)CCCc1c-4n[nH]c1C(F)(F)F. The Morgan fingerprint density at radius 1 is 1.17 bits per heavy atom. The third-order valence-corrected chi connectivity index (χ3v) is 6.47. The number of rotatable bonds is 1. The molecule has 8 heteroatoms. The van der Waals surface area contributed by atoms with Crippen LogP contribution in [-0.4, -0.2) is 27.1 Å². The topological polar surface area (TPSA) is 64.8 Å². The molecule has 2 aromatic heterocycles. The lowest BCUT2D eigenvalue weighted by Gasteiger charge is -2.24. The lowest BCUT2D eigenvalue weighted by molar-refractivity contribution is -0.141. The fourth-order valence-electron chi connectivity index (χ4n) is 4.98. The van der Waals surface area contributed by atoms with E-state index in [0.717, 1.165) is 27.7 Å². The molecule has 5 nitrogen and oxygen atoms in total. The van der Waals surface area contributed by atoms with Gasteiger partial charge in [0.15, 0.2) is 0 Å². The van der Waals surface area contributed by atoms with Crippen molar-refractivity contribution in [2.24, 2.45) is 0 Å². The molecule has 1 aliphatic carbocycles. The summed E-state index contributed by atoms with van der Waals surface area (Å²) in [6.45, 7) is 7.80. The second-order valence-corrected chi connectivity index (χ2v) is 9.06. The fourth-order valence-corrected chi connectivity index (χ4v) is 4.98. The summed E-state index contributed by atoms with van der Waals surface area (Å²) in [5.74, 6) is 0.0654. The Labute approximate surface area is 171 Å². The highest BCUT2D eigenvalue weighted by Gasteiger charge is 2.45. The molecule has 0 spiro atoms. The zero-order chi connectivity index (χ0) is 21.6. The van der Waals surface area contributed by atoms with Crippen LogP contribution in [0.4, 0.5) is 18.9 Å². The fraction of sp³-hybridized carbons (Fsp3) is 0.455. The maximum atomic E-state index is 13.4. The number of nitrogens with zero attached hydrogens (tertiary/aromatic N) is 2. The average molecular weight is 416 g/mol. The van der Waals surface area contributed by atoms with Gasteiger partial charge < -0.3 is 9.88 Å². The smallest absolute Gasteiger partial charge is 0.353 e. The van der Waals surface area contributed by atoms with Crippen molar-refractivity contribution < 1.29 is 18.0 Å². The maximum absolute atomic E-state index is 13.4. The van der Waals surface area contributed by atoms with E-state index in [1.807, 2.05) is 44.7 Å². The van der Waals surface area contributed by atoms with E-state index in [-0.39, 0.29) is 17.5 Å². The number of aryl methyl sites for hydroxylation is 1. The number of carbonyl (C=O) groups is 1. The summed E-state index contributed by atoms with van der Waals surface area (Å²) in [5.41, 5.74) is 3.42. The molecule has 3 heterocycles. The highest BCUT2D eigenvalue weighted by molar-refractivity contribution is 6.10. The van der Waals surface area contributed by atoms with Crippen LogP contribution in [0.3, 0.4) is 0 Å². The third kappa shape index (κ3) is 2.42. The molecule has 0 bridgehead atoms. The first-order valence-corrected chi connectivity index (χ1v) is 10.2. The summed E-state index contributed by atoms with van der Waals surface area (Å²) < 4.78 is 40.2. The maximum Gasteiger partial charge on any atom is 0.433 e. The minimum Gasteiger partial charge on any atom is -0.353 e. The number of alkyl halides is 3. The van der Waals surface area contributed by atoms with Crippen molar-refractivity contribution in [1.29, 1.82) is 0 Å². The molecule has 0 saturated carbocycles. The van der Waals surface area contributed by atoms with Gasteiger partial charge in [0.05, 0.1) is 11.1 Å². The molecule has 1 amide bonds. The Bertz CT molecular complexity index is 1200. The van der Waals surface area contributed by atoms with E-state index < -0.39 is 17.3 Å². The molecular formula is C22H23F3N4O. The van der Waals surface area contributed by atoms with Crippen LogP contribution in [0.2, 0.25) is 0 Å². The largest absolute Gasteiger partial charge is 0.433 e. The summed E-state index contributed by atoms with van der Waals surface area (Å²) >= 11 is 0. The first-order valence-electron chi connectivity index (χ1n) is 10.2. The number of fused-ring (bicyclic) bond motifs is 6. The average Bonchev–Trinajstić information content (AvgIpc) is 3.23. The van der Waals surface area contributed by atoms with Gasteiger partial charge in [0.2, 0.25) is 5.91 Å². The Morgan fingerprint density at radius 3 is 2.53 bits per heavy atom. The Hall–Kier alpha value is -2.77. The molecule has 1 aromatic carbocycles. The quantitative estimate of drug-likeness (QED) is 0.580. The molecule has 0 unspecified atom stereocenters. The minimum absolute atomic E-state index is 0.0142. The van der Waals surface area contributed by atoms with Gasteiger partial charge in [-0.1, -0.05) is 0 Å². The highest BCUT2D eigenvalue weighted by Crippen LogP contribution is 2.47. The van der Waals surface area contributed by atoms with Crippen molar-refractivity contribution in [2.45, 2.75) is 64.6 Å². The zero-order valence-corrected chi connectivity index (χ0v) is 17.3. The molecule has 3 aromatic rings. The van der Waals surface area contributed by atoms with Gasteiger partial charge in [0.1, 0.15) is 11.4 Å². The van der Waals surface area contributed by atoms with Crippen LogP contribution in [0.15, 0.2) is 12.1 Å². The first kappa shape index (κ1) is 19.2. The van der Waals surface area contributed by atoms with Crippen LogP contribution >= 0.6 is 0 Å². The van der Waals surface area contributed by atoms with Crippen LogP contribution in [0, 0.1) is 0 Å². The van der Waals surface area contributed by atoms with E-state index >= 15 is 0 Å². The number of anilines is 1. The lowest BCUT2D eigenvalue weighted by atomic mass is 9.85. The number of carbonyl (C=O) groups excluding carboxylic acids is 1. The van der Waals surface area contributed by atoms with Crippen LogP contribution < -0.4 is 4.90 Å². The number of amides is 1. The number of hydrogen-bond donors (Lipinski definition) is 2. The molecule has 30 heavy (non-hydrogen) atoms. The number of hydrogen-bond acceptors (Lipinski definition) is 2. The van der Waals surface area contributed by atoms with Gasteiger partial charge in [-0.2, -0.15) is 18.3 Å². The number of nitrogens with one attached hydrogen (secondary N) is 2. The number of aromatic nitrogens is 3.